The molecule has 0 aliphatic rings. The molecular weight excluding hydrogens is 244 g/mol. The maximum atomic E-state index is 12.0. The molecule has 0 amide bonds. The molecule has 1 aromatic rings. The van der Waals surface area contributed by atoms with Gasteiger partial charge in [0.1, 0.15) is 5.75 Å². The van der Waals surface area contributed by atoms with Crippen molar-refractivity contribution in [3.8, 4) is 5.75 Å². The van der Waals surface area contributed by atoms with Crippen LogP contribution in [0.1, 0.15) is 24.9 Å². The smallest absolute Gasteiger partial charge is 0.387 e. The number of alkyl halides is 2. The molecule has 0 heterocycles. The van der Waals surface area contributed by atoms with Gasteiger partial charge in [-0.15, -0.1) is 0 Å². The molecule has 0 spiro atoms. The quantitative estimate of drug-likeness (QED) is 0.796. The highest BCUT2D eigenvalue weighted by Gasteiger charge is 2.13. The average molecular weight is 259 g/mol. The first-order valence-electron chi connectivity index (χ1n) is 5.49. The fraction of sp³-hybridized carbons (Fsp3) is 0.417. The van der Waals surface area contributed by atoms with E-state index in [2.05, 4.69) is 4.74 Å². The van der Waals surface area contributed by atoms with Gasteiger partial charge in [0.05, 0.1) is 13.0 Å². The lowest BCUT2D eigenvalue weighted by molar-refractivity contribution is -0.143. The van der Waals surface area contributed by atoms with Crippen molar-refractivity contribution in [2.75, 3.05) is 6.61 Å². The van der Waals surface area contributed by atoms with Gasteiger partial charge in [0.2, 0.25) is 0 Å². The molecule has 1 aromatic carbocycles. The van der Waals surface area contributed by atoms with E-state index in [-0.39, 0.29) is 18.8 Å². The van der Waals surface area contributed by atoms with Crippen LogP contribution in [0.2, 0.25) is 0 Å². The van der Waals surface area contributed by atoms with Gasteiger partial charge >= 0.3 is 12.6 Å². The summed E-state index contributed by atoms with van der Waals surface area (Å²) in [6, 6.07) is 5.36. The Balaban J connectivity index is 2.67. The van der Waals surface area contributed by atoms with E-state index in [9.17, 15) is 13.6 Å². The van der Waals surface area contributed by atoms with Crippen LogP contribution in [0.25, 0.3) is 0 Å². The molecule has 0 unspecified atom stereocenters. The van der Waals surface area contributed by atoms with Gasteiger partial charge < -0.3 is 15.2 Å². The molecule has 2 N–H and O–H groups in total. The minimum atomic E-state index is -2.89. The van der Waals surface area contributed by atoms with Crippen LogP contribution >= 0.6 is 0 Å². The summed E-state index contributed by atoms with van der Waals surface area (Å²) in [6.07, 6.45) is -0.00796. The molecule has 0 saturated carbocycles. The lowest BCUT2D eigenvalue weighted by Crippen LogP contribution is -2.17. The number of benzene rings is 1. The van der Waals surface area contributed by atoms with Crippen LogP contribution in [0.3, 0.4) is 0 Å². The first kappa shape index (κ1) is 14.4. The zero-order chi connectivity index (χ0) is 13.5. The molecule has 0 aliphatic heterocycles. The van der Waals surface area contributed by atoms with Gasteiger partial charge in [0, 0.05) is 6.04 Å². The van der Waals surface area contributed by atoms with Crippen LogP contribution in [0.15, 0.2) is 24.3 Å². The van der Waals surface area contributed by atoms with Crippen molar-refractivity contribution < 1.29 is 23.0 Å². The number of carbonyl (C=O) groups is 1. The van der Waals surface area contributed by atoms with E-state index in [0.29, 0.717) is 5.56 Å². The Kier molecular flexibility index (Phi) is 5.51. The van der Waals surface area contributed by atoms with E-state index in [1.165, 1.54) is 18.2 Å². The predicted octanol–water partition coefficient (Wildman–Crippen LogP) is 2.24. The number of esters is 1. The number of nitrogens with two attached hydrogens (primary N) is 1. The van der Waals surface area contributed by atoms with Gasteiger partial charge in [-0.05, 0) is 24.6 Å². The Morgan fingerprint density at radius 1 is 1.44 bits per heavy atom. The summed E-state index contributed by atoms with van der Waals surface area (Å²) in [5.41, 5.74) is 6.32. The highest BCUT2D eigenvalue weighted by molar-refractivity contribution is 5.70. The second kappa shape index (κ2) is 6.90. The van der Waals surface area contributed by atoms with Gasteiger partial charge in [-0.3, -0.25) is 4.79 Å². The molecular formula is C12H15F2NO3. The fourth-order valence-corrected chi connectivity index (χ4v) is 1.44. The van der Waals surface area contributed by atoms with Crippen LogP contribution in [-0.4, -0.2) is 19.2 Å². The number of ether oxygens (including phenoxy) is 2. The van der Waals surface area contributed by atoms with E-state index in [1.54, 1.807) is 13.0 Å². The normalized spacial score (nSPS) is 12.3. The summed E-state index contributed by atoms with van der Waals surface area (Å²) < 4.78 is 33.1. The summed E-state index contributed by atoms with van der Waals surface area (Å²) in [5, 5.41) is 0. The monoisotopic (exact) mass is 259 g/mol. The Morgan fingerprint density at radius 3 is 2.78 bits per heavy atom. The van der Waals surface area contributed by atoms with Gasteiger partial charge in [-0.2, -0.15) is 8.78 Å². The first-order valence-corrected chi connectivity index (χ1v) is 5.49. The van der Waals surface area contributed by atoms with E-state index >= 15 is 0 Å². The topological polar surface area (TPSA) is 61.5 Å². The molecule has 4 nitrogen and oxygen atoms in total. The summed E-state index contributed by atoms with van der Waals surface area (Å²) in [6.45, 7) is -0.915. The van der Waals surface area contributed by atoms with Gasteiger partial charge in [-0.1, -0.05) is 12.1 Å². The molecule has 100 valence electrons. The number of halogens is 2. The molecule has 0 bridgehead atoms. The minimum absolute atomic E-state index is 0.00796. The molecule has 0 aromatic heterocycles. The van der Waals surface area contributed by atoms with Crippen LogP contribution in [0.5, 0.6) is 5.75 Å². The predicted molar refractivity (Wildman–Crippen MR) is 61.3 cm³/mol. The van der Waals surface area contributed by atoms with Crippen LogP contribution < -0.4 is 10.5 Å². The average Bonchev–Trinajstić information content (AvgIpc) is 2.28. The summed E-state index contributed by atoms with van der Waals surface area (Å²) in [5.74, 6) is -0.410. The number of hydrogen-bond donors (Lipinski definition) is 1. The van der Waals surface area contributed by atoms with Crippen molar-refractivity contribution >= 4 is 5.97 Å². The molecule has 0 aliphatic carbocycles. The van der Waals surface area contributed by atoms with Crippen LogP contribution in [-0.2, 0) is 9.53 Å². The lowest BCUT2D eigenvalue weighted by Gasteiger charge is -2.12. The maximum Gasteiger partial charge on any atom is 0.387 e. The third-order valence-corrected chi connectivity index (χ3v) is 2.20. The van der Waals surface area contributed by atoms with Crippen LogP contribution in [0, 0.1) is 0 Å². The summed E-state index contributed by atoms with van der Waals surface area (Å²) in [7, 11) is 0. The number of carbonyl (C=O) groups excluding carboxylic acids is 1. The molecule has 0 radical (unpaired) electrons. The molecule has 1 atom stereocenters. The number of hydrogen-bond acceptors (Lipinski definition) is 4. The van der Waals surface area contributed by atoms with E-state index in [1.807, 2.05) is 0 Å². The van der Waals surface area contributed by atoms with Crippen molar-refractivity contribution in [3.63, 3.8) is 0 Å². The highest BCUT2D eigenvalue weighted by Crippen LogP contribution is 2.21. The largest absolute Gasteiger partial charge is 0.466 e. The molecule has 0 saturated heterocycles. The SMILES string of the molecule is CCOC(=O)C[C@@H](N)c1cccc(OC(F)F)c1. The standard InChI is InChI=1S/C12H15F2NO3/c1-2-17-11(16)7-10(15)8-4-3-5-9(6-8)18-12(13)14/h3-6,10,12H,2,7,15H2,1H3/t10-/m1/s1. The fourth-order valence-electron chi connectivity index (χ4n) is 1.44. The zero-order valence-electron chi connectivity index (χ0n) is 9.94. The van der Waals surface area contributed by atoms with Crippen LogP contribution in [0.4, 0.5) is 8.78 Å². The van der Waals surface area contributed by atoms with Crippen molar-refractivity contribution in [2.24, 2.45) is 5.73 Å². The second-order valence-electron chi connectivity index (χ2n) is 3.57. The van der Waals surface area contributed by atoms with Gasteiger partial charge in [-0.25, -0.2) is 0 Å². The minimum Gasteiger partial charge on any atom is -0.466 e. The van der Waals surface area contributed by atoms with Gasteiger partial charge in [0.25, 0.3) is 0 Å². The van der Waals surface area contributed by atoms with Crippen molar-refractivity contribution in [1.29, 1.82) is 0 Å². The van der Waals surface area contributed by atoms with E-state index in [4.69, 9.17) is 10.5 Å². The summed E-state index contributed by atoms with van der Waals surface area (Å²) in [4.78, 5) is 11.2. The van der Waals surface area contributed by atoms with E-state index in [0.717, 1.165) is 0 Å². The third-order valence-electron chi connectivity index (χ3n) is 2.20. The highest BCUT2D eigenvalue weighted by atomic mass is 19.3. The second-order valence-corrected chi connectivity index (χ2v) is 3.57. The third kappa shape index (κ3) is 4.67. The Morgan fingerprint density at radius 2 is 2.17 bits per heavy atom. The summed E-state index contributed by atoms with van der Waals surface area (Å²) >= 11 is 0. The lowest BCUT2D eigenvalue weighted by atomic mass is 10.0. The number of rotatable bonds is 6. The van der Waals surface area contributed by atoms with Crippen molar-refractivity contribution in [3.05, 3.63) is 29.8 Å². The zero-order valence-corrected chi connectivity index (χ0v) is 9.94. The molecule has 18 heavy (non-hydrogen) atoms. The molecule has 0 fully saturated rings. The van der Waals surface area contributed by atoms with Crippen molar-refractivity contribution in [1.82, 2.24) is 0 Å². The van der Waals surface area contributed by atoms with Gasteiger partial charge in [0.15, 0.2) is 0 Å². The van der Waals surface area contributed by atoms with Crippen molar-refractivity contribution in [2.45, 2.75) is 26.0 Å². The first-order chi connectivity index (χ1) is 8.52. The van der Waals surface area contributed by atoms with E-state index < -0.39 is 18.6 Å². The molecule has 1 rings (SSSR count). The maximum absolute atomic E-state index is 12.0. The Bertz CT molecular complexity index is 399. The Hall–Kier alpha value is -1.69. The molecule has 6 heteroatoms. The Labute approximate surface area is 104 Å².